The lowest BCUT2D eigenvalue weighted by Crippen LogP contribution is -1.92. The number of allylic oxidation sites excluding steroid dienone is 1. The minimum Gasteiger partial charge on any atom is -0.0880 e. The maximum atomic E-state index is 3.55. The summed E-state index contributed by atoms with van der Waals surface area (Å²) in [5.74, 6) is 0. The van der Waals surface area contributed by atoms with Crippen LogP contribution in [0.1, 0.15) is 18.1 Å². The van der Waals surface area contributed by atoms with E-state index in [-0.39, 0.29) is 0 Å². The van der Waals surface area contributed by atoms with Gasteiger partial charge in [-0.05, 0) is 23.6 Å². The number of halogens is 1. The Labute approximate surface area is 111 Å². The summed E-state index contributed by atoms with van der Waals surface area (Å²) in [5.41, 5.74) is 5.22. The summed E-state index contributed by atoms with van der Waals surface area (Å²) in [6, 6.07) is 21.1. The largest absolute Gasteiger partial charge is 0.0880 e. The highest BCUT2D eigenvalue weighted by Crippen LogP contribution is 2.27. The van der Waals surface area contributed by atoms with Gasteiger partial charge in [0.15, 0.2) is 0 Å². The van der Waals surface area contributed by atoms with Gasteiger partial charge in [0.25, 0.3) is 0 Å². The summed E-state index contributed by atoms with van der Waals surface area (Å²) in [6.07, 6.45) is 0. The van der Waals surface area contributed by atoms with Gasteiger partial charge in [-0.3, -0.25) is 0 Å². The molecule has 2 aromatic carbocycles. The highest BCUT2D eigenvalue weighted by atomic mass is 79.9. The normalized spacial score (nSPS) is 10.0. The molecule has 0 saturated carbocycles. The first-order chi connectivity index (χ1) is 8.33. The van der Waals surface area contributed by atoms with Crippen LogP contribution in [0, 0.1) is 0 Å². The van der Waals surface area contributed by atoms with E-state index in [1.165, 1.54) is 22.3 Å². The lowest BCUT2D eigenvalue weighted by atomic mass is 9.94. The van der Waals surface area contributed by atoms with Crippen LogP contribution < -0.4 is 0 Å². The van der Waals surface area contributed by atoms with Crippen molar-refractivity contribution < 1.29 is 0 Å². The Morgan fingerprint density at radius 1 is 0.824 bits per heavy atom. The predicted molar refractivity (Wildman–Crippen MR) is 78.4 cm³/mol. The van der Waals surface area contributed by atoms with Crippen LogP contribution in [0.5, 0.6) is 0 Å². The van der Waals surface area contributed by atoms with E-state index in [1.807, 2.05) is 0 Å². The van der Waals surface area contributed by atoms with E-state index in [4.69, 9.17) is 0 Å². The van der Waals surface area contributed by atoms with Gasteiger partial charge >= 0.3 is 0 Å². The van der Waals surface area contributed by atoms with Gasteiger partial charge in [0.05, 0.1) is 0 Å². The van der Waals surface area contributed by atoms with Gasteiger partial charge in [0.1, 0.15) is 0 Å². The Bertz CT molecular complexity index is 456. The Hall–Kier alpha value is -1.34. The molecule has 1 heteroatoms. The molecule has 0 radical (unpaired) electrons. The molecule has 0 atom stereocenters. The summed E-state index contributed by atoms with van der Waals surface area (Å²) < 4.78 is 0. The molecule has 0 saturated heterocycles. The minimum atomic E-state index is 0.895. The molecular formula is C16H15Br. The van der Waals surface area contributed by atoms with Crippen molar-refractivity contribution in [3.63, 3.8) is 0 Å². The zero-order chi connectivity index (χ0) is 12.1. The first-order valence-corrected chi connectivity index (χ1v) is 6.81. The summed E-state index contributed by atoms with van der Waals surface area (Å²) >= 11 is 3.55. The van der Waals surface area contributed by atoms with Crippen LogP contribution in [-0.2, 0) is 0 Å². The molecule has 0 aliphatic rings. The van der Waals surface area contributed by atoms with Crippen molar-refractivity contribution in [1.82, 2.24) is 0 Å². The van der Waals surface area contributed by atoms with Crippen LogP contribution in [0.4, 0.5) is 0 Å². The lowest BCUT2D eigenvalue weighted by Gasteiger charge is -2.11. The van der Waals surface area contributed by atoms with Crippen molar-refractivity contribution in [2.75, 3.05) is 5.33 Å². The smallest absolute Gasteiger partial charge is 0.0248 e. The van der Waals surface area contributed by atoms with Crippen molar-refractivity contribution >= 4 is 21.5 Å². The second-order valence-corrected chi connectivity index (χ2v) is 4.58. The molecular weight excluding hydrogens is 272 g/mol. The molecule has 0 aromatic heterocycles. The van der Waals surface area contributed by atoms with E-state index in [1.54, 1.807) is 0 Å². The zero-order valence-corrected chi connectivity index (χ0v) is 11.4. The molecule has 0 bridgehead atoms. The minimum absolute atomic E-state index is 0.895. The van der Waals surface area contributed by atoms with Gasteiger partial charge in [-0.1, -0.05) is 82.2 Å². The Kier molecular flexibility index (Phi) is 4.16. The summed E-state index contributed by atoms with van der Waals surface area (Å²) in [6.45, 7) is 2.17. The topological polar surface area (TPSA) is 0 Å². The fourth-order valence-electron chi connectivity index (χ4n) is 1.94. The van der Waals surface area contributed by atoms with Crippen molar-refractivity contribution in [3.05, 3.63) is 77.4 Å². The van der Waals surface area contributed by atoms with Gasteiger partial charge < -0.3 is 0 Å². The third kappa shape index (κ3) is 2.86. The van der Waals surface area contributed by atoms with Crippen molar-refractivity contribution in [3.8, 4) is 0 Å². The first-order valence-electron chi connectivity index (χ1n) is 5.69. The molecule has 17 heavy (non-hydrogen) atoms. The number of benzene rings is 2. The summed E-state index contributed by atoms with van der Waals surface area (Å²) in [7, 11) is 0. The first kappa shape index (κ1) is 12.1. The SMILES string of the molecule is CC(CBr)=C(c1ccccc1)c1ccccc1. The zero-order valence-electron chi connectivity index (χ0n) is 9.86. The second kappa shape index (κ2) is 5.83. The fourth-order valence-corrected chi connectivity index (χ4v) is 2.22. The average Bonchev–Trinajstić information content (AvgIpc) is 2.41. The van der Waals surface area contributed by atoms with Crippen LogP contribution in [0.15, 0.2) is 66.2 Å². The van der Waals surface area contributed by atoms with Gasteiger partial charge in [-0.25, -0.2) is 0 Å². The van der Waals surface area contributed by atoms with Gasteiger partial charge in [0.2, 0.25) is 0 Å². The van der Waals surface area contributed by atoms with E-state index in [0.717, 1.165) is 5.33 Å². The van der Waals surface area contributed by atoms with Crippen LogP contribution in [0.25, 0.3) is 5.57 Å². The fraction of sp³-hybridized carbons (Fsp3) is 0.125. The molecule has 0 spiro atoms. The standard InChI is InChI=1S/C16H15Br/c1-13(12-17)16(14-8-4-2-5-9-14)15-10-6-3-7-11-15/h2-11H,12H2,1H3. The van der Waals surface area contributed by atoms with Crippen LogP contribution >= 0.6 is 15.9 Å². The molecule has 0 fully saturated rings. The van der Waals surface area contributed by atoms with Crippen molar-refractivity contribution in [1.29, 1.82) is 0 Å². The maximum absolute atomic E-state index is 3.55. The van der Waals surface area contributed by atoms with Crippen LogP contribution in [0.3, 0.4) is 0 Å². The molecule has 0 heterocycles. The summed E-state index contributed by atoms with van der Waals surface area (Å²) in [5, 5.41) is 0.895. The highest BCUT2D eigenvalue weighted by molar-refractivity contribution is 9.09. The Balaban J connectivity index is 2.56. The predicted octanol–water partition coefficient (Wildman–Crippen LogP) is 4.90. The third-order valence-corrected chi connectivity index (χ3v) is 3.59. The highest BCUT2D eigenvalue weighted by Gasteiger charge is 2.07. The molecule has 86 valence electrons. The molecule has 2 rings (SSSR count). The Morgan fingerprint density at radius 3 is 1.59 bits per heavy atom. The number of hydrogen-bond donors (Lipinski definition) is 0. The number of hydrogen-bond acceptors (Lipinski definition) is 0. The third-order valence-electron chi connectivity index (χ3n) is 2.75. The Morgan fingerprint density at radius 2 is 1.24 bits per heavy atom. The van der Waals surface area contributed by atoms with E-state index in [2.05, 4.69) is 83.5 Å². The van der Waals surface area contributed by atoms with Gasteiger partial charge in [-0.15, -0.1) is 0 Å². The van der Waals surface area contributed by atoms with E-state index in [9.17, 15) is 0 Å². The van der Waals surface area contributed by atoms with E-state index in [0.29, 0.717) is 0 Å². The summed E-state index contributed by atoms with van der Waals surface area (Å²) in [4.78, 5) is 0. The van der Waals surface area contributed by atoms with Gasteiger partial charge in [-0.2, -0.15) is 0 Å². The molecule has 0 N–H and O–H groups in total. The van der Waals surface area contributed by atoms with E-state index >= 15 is 0 Å². The monoisotopic (exact) mass is 286 g/mol. The van der Waals surface area contributed by atoms with E-state index < -0.39 is 0 Å². The quantitative estimate of drug-likeness (QED) is 0.704. The second-order valence-electron chi connectivity index (χ2n) is 4.02. The number of rotatable bonds is 3. The molecule has 2 aromatic rings. The molecule has 0 amide bonds. The molecule has 0 unspecified atom stereocenters. The number of alkyl halides is 1. The van der Waals surface area contributed by atoms with Crippen molar-refractivity contribution in [2.45, 2.75) is 6.92 Å². The average molecular weight is 287 g/mol. The van der Waals surface area contributed by atoms with Gasteiger partial charge in [0, 0.05) is 5.33 Å². The lowest BCUT2D eigenvalue weighted by molar-refractivity contribution is 1.39. The maximum Gasteiger partial charge on any atom is 0.0248 e. The van der Waals surface area contributed by atoms with Crippen molar-refractivity contribution in [2.24, 2.45) is 0 Å². The molecule has 0 aliphatic heterocycles. The van der Waals surface area contributed by atoms with Crippen LogP contribution in [0.2, 0.25) is 0 Å². The van der Waals surface area contributed by atoms with Crippen LogP contribution in [-0.4, -0.2) is 5.33 Å². The molecule has 0 nitrogen and oxygen atoms in total. The molecule has 0 aliphatic carbocycles.